The summed E-state index contributed by atoms with van der Waals surface area (Å²) < 4.78 is 0. The van der Waals surface area contributed by atoms with Gasteiger partial charge in [0.25, 0.3) is 0 Å². The Balaban J connectivity index is 2.34. The second-order valence-electron chi connectivity index (χ2n) is 6.66. The van der Waals surface area contributed by atoms with Crippen molar-refractivity contribution in [3.8, 4) is 0 Å². The maximum absolute atomic E-state index is 12.5. The number of hydrogen-bond acceptors (Lipinski definition) is 1. The smallest absolute Gasteiger partial charge is 0.140 e. The number of carbonyl (C=O) groups excluding carboxylic acids is 1. The van der Waals surface area contributed by atoms with Crippen molar-refractivity contribution >= 4 is 5.78 Å². The summed E-state index contributed by atoms with van der Waals surface area (Å²) in [7, 11) is 0. The van der Waals surface area contributed by atoms with E-state index >= 15 is 0 Å². The summed E-state index contributed by atoms with van der Waals surface area (Å²) >= 11 is 0. The molecule has 0 aromatic heterocycles. The van der Waals surface area contributed by atoms with Crippen LogP contribution in [0.25, 0.3) is 0 Å². The first-order valence-electron chi connectivity index (χ1n) is 6.56. The minimum Gasteiger partial charge on any atom is -0.299 e. The van der Waals surface area contributed by atoms with E-state index in [2.05, 4.69) is 33.8 Å². The van der Waals surface area contributed by atoms with E-state index in [9.17, 15) is 4.79 Å². The lowest BCUT2D eigenvalue weighted by molar-refractivity contribution is -0.144. The van der Waals surface area contributed by atoms with Crippen LogP contribution in [0.2, 0.25) is 0 Å². The van der Waals surface area contributed by atoms with Crippen molar-refractivity contribution in [3.63, 3.8) is 0 Å². The van der Waals surface area contributed by atoms with Crippen LogP contribution in [0.4, 0.5) is 0 Å². The van der Waals surface area contributed by atoms with E-state index in [0.717, 1.165) is 25.7 Å². The Labute approximate surface area is 99.3 Å². The molecular formula is C15H24O. The number of hydrogen-bond donors (Lipinski definition) is 0. The molecule has 0 radical (unpaired) electrons. The molecule has 0 amide bonds. The lowest BCUT2D eigenvalue weighted by Gasteiger charge is -2.52. The average molecular weight is 220 g/mol. The van der Waals surface area contributed by atoms with Crippen LogP contribution in [0.1, 0.15) is 59.8 Å². The highest BCUT2D eigenvalue weighted by Crippen LogP contribution is 2.56. The molecule has 0 bridgehead atoms. The van der Waals surface area contributed by atoms with Crippen molar-refractivity contribution in [2.24, 2.45) is 16.7 Å². The highest BCUT2D eigenvalue weighted by Gasteiger charge is 2.53. The molecule has 2 atom stereocenters. The van der Waals surface area contributed by atoms with Gasteiger partial charge < -0.3 is 0 Å². The summed E-state index contributed by atoms with van der Waals surface area (Å²) in [5.74, 6) is 1.10. The number of Topliss-reactive ketones (excluding diaryl/α,β-unsaturated/α-hetero) is 1. The second kappa shape index (κ2) is 3.72. The van der Waals surface area contributed by atoms with Gasteiger partial charge >= 0.3 is 0 Å². The lowest BCUT2D eigenvalue weighted by atomic mass is 9.51. The first kappa shape index (κ1) is 11.9. The highest BCUT2D eigenvalue weighted by molar-refractivity contribution is 5.87. The summed E-state index contributed by atoms with van der Waals surface area (Å²) in [5.41, 5.74) is 1.60. The maximum Gasteiger partial charge on any atom is 0.140 e. The predicted molar refractivity (Wildman–Crippen MR) is 67.2 cm³/mol. The molecule has 1 heteroatoms. The topological polar surface area (TPSA) is 17.1 Å². The van der Waals surface area contributed by atoms with Crippen LogP contribution in [0.15, 0.2) is 11.6 Å². The average Bonchev–Trinajstić information content (AvgIpc) is 2.15. The zero-order valence-corrected chi connectivity index (χ0v) is 11.1. The first-order valence-corrected chi connectivity index (χ1v) is 6.56. The Morgan fingerprint density at radius 1 is 1.38 bits per heavy atom. The fourth-order valence-corrected chi connectivity index (χ4v) is 3.86. The third kappa shape index (κ3) is 1.65. The minimum absolute atomic E-state index is 0.0426. The normalized spacial score (nSPS) is 38.6. The Hall–Kier alpha value is -0.590. The van der Waals surface area contributed by atoms with Crippen molar-refractivity contribution in [1.29, 1.82) is 0 Å². The third-order valence-electron chi connectivity index (χ3n) is 4.97. The van der Waals surface area contributed by atoms with E-state index in [1.54, 1.807) is 0 Å². The lowest BCUT2D eigenvalue weighted by Crippen LogP contribution is -2.50. The van der Waals surface area contributed by atoms with Gasteiger partial charge in [0, 0.05) is 11.8 Å². The van der Waals surface area contributed by atoms with Gasteiger partial charge in [0.1, 0.15) is 5.78 Å². The van der Waals surface area contributed by atoms with Crippen molar-refractivity contribution in [2.45, 2.75) is 59.8 Å². The molecule has 16 heavy (non-hydrogen) atoms. The van der Waals surface area contributed by atoms with Crippen molar-refractivity contribution < 1.29 is 4.79 Å². The van der Waals surface area contributed by atoms with Crippen LogP contribution in [-0.4, -0.2) is 5.78 Å². The SMILES string of the molecule is CC1=CCC2(CC1)C(=O)CC(C)CC2(C)C. The molecule has 90 valence electrons. The Kier molecular flexibility index (Phi) is 2.76. The molecule has 2 rings (SSSR count). The van der Waals surface area contributed by atoms with E-state index in [4.69, 9.17) is 0 Å². The minimum atomic E-state index is -0.0426. The summed E-state index contributed by atoms with van der Waals surface area (Å²) in [6.45, 7) is 9.01. The van der Waals surface area contributed by atoms with Gasteiger partial charge in [-0.15, -0.1) is 0 Å². The molecule has 0 aliphatic heterocycles. The Bertz CT molecular complexity index is 337. The number of allylic oxidation sites excluding steroid dienone is 2. The number of carbonyl (C=O) groups is 1. The molecule has 1 saturated carbocycles. The van der Waals surface area contributed by atoms with Crippen LogP contribution >= 0.6 is 0 Å². The fourth-order valence-electron chi connectivity index (χ4n) is 3.86. The van der Waals surface area contributed by atoms with Gasteiger partial charge in [-0.3, -0.25) is 4.79 Å². The Morgan fingerprint density at radius 2 is 2.06 bits per heavy atom. The maximum atomic E-state index is 12.5. The van der Waals surface area contributed by atoms with E-state index in [0.29, 0.717) is 11.7 Å². The number of ketones is 1. The van der Waals surface area contributed by atoms with E-state index in [1.807, 2.05) is 0 Å². The molecule has 0 saturated heterocycles. The zero-order chi connectivity index (χ0) is 12.0. The molecule has 0 heterocycles. The van der Waals surface area contributed by atoms with Crippen LogP contribution in [-0.2, 0) is 4.79 Å². The van der Waals surface area contributed by atoms with Crippen LogP contribution in [0, 0.1) is 16.7 Å². The first-order chi connectivity index (χ1) is 7.37. The predicted octanol–water partition coefficient (Wildman–Crippen LogP) is 4.13. The quantitative estimate of drug-likeness (QED) is 0.561. The summed E-state index contributed by atoms with van der Waals surface area (Å²) in [5, 5.41) is 0. The fraction of sp³-hybridized carbons (Fsp3) is 0.800. The third-order valence-corrected chi connectivity index (χ3v) is 4.97. The van der Waals surface area contributed by atoms with E-state index in [-0.39, 0.29) is 10.8 Å². The van der Waals surface area contributed by atoms with Crippen molar-refractivity contribution in [1.82, 2.24) is 0 Å². The van der Waals surface area contributed by atoms with Gasteiger partial charge in [-0.2, -0.15) is 0 Å². The van der Waals surface area contributed by atoms with Crippen LogP contribution in [0.3, 0.4) is 0 Å². The zero-order valence-electron chi connectivity index (χ0n) is 11.1. The van der Waals surface area contributed by atoms with E-state index in [1.165, 1.54) is 12.0 Å². The molecule has 2 aliphatic rings. The summed E-state index contributed by atoms with van der Waals surface area (Å²) in [4.78, 5) is 12.5. The molecule has 0 N–H and O–H groups in total. The van der Waals surface area contributed by atoms with Gasteiger partial charge in [0.05, 0.1) is 0 Å². The molecule has 1 fully saturated rings. The van der Waals surface area contributed by atoms with Crippen molar-refractivity contribution in [3.05, 3.63) is 11.6 Å². The summed E-state index contributed by atoms with van der Waals surface area (Å²) in [6, 6.07) is 0. The van der Waals surface area contributed by atoms with Crippen molar-refractivity contribution in [2.75, 3.05) is 0 Å². The van der Waals surface area contributed by atoms with E-state index < -0.39 is 0 Å². The number of rotatable bonds is 0. The molecule has 0 aromatic carbocycles. The molecular weight excluding hydrogens is 196 g/mol. The van der Waals surface area contributed by atoms with Crippen LogP contribution in [0.5, 0.6) is 0 Å². The molecule has 0 aromatic rings. The standard InChI is InChI=1S/C15H24O/c1-11-5-7-15(8-6-11)13(16)9-12(2)10-14(15,3)4/h5,12H,6-10H2,1-4H3. The Morgan fingerprint density at radius 3 is 2.56 bits per heavy atom. The molecule has 2 aliphatic carbocycles. The highest BCUT2D eigenvalue weighted by atomic mass is 16.1. The van der Waals surface area contributed by atoms with Gasteiger partial charge in [-0.1, -0.05) is 32.4 Å². The molecule has 1 spiro atoms. The van der Waals surface area contributed by atoms with Gasteiger partial charge in [-0.25, -0.2) is 0 Å². The second-order valence-corrected chi connectivity index (χ2v) is 6.66. The largest absolute Gasteiger partial charge is 0.299 e. The van der Waals surface area contributed by atoms with Gasteiger partial charge in [-0.05, 0) is 43.9 Å². The van der Waals surface area contributed by atoms with Gasteiger partial charge in [0.2, 0.25) is 0 Å². The summed E-state index contributed by atoms with van der Waals surface area (Å²) in [6.07, 6.45) is 7.48. The van der Waals surface area contributed by atoms with Gasteiger partial charge in [0.15, 0.2) is 0 Å². The molecule has 1 nitrogen and oxygen atoms in total. The van der Waals surface area contributed by atoms with Crippen LogP contribution < -0.4 is 0 Å². The molecule has 2 unspecified atom stereocenters. The monoisotopic (exact) mass is 220 g/mol.